The molecule has 2 aromatic rings. The normalized spacial score (nSPS) is 12.5. The molecule has 0 aromatic heterocycles. The lowest BCUT2D eigenvalue weighted by molar-refractivity contribution is 0.601. The summed E-state index contributed by atoms with van der Waals surface area (Å²) in [6, 6.07) is 10.5. The van der Waals surface area contributed by atoms with Crippen molar-refractivity contribution in [1.29, 1.82) is 0 Å². The van der Waals surface area contributed by atoms with Gasteiger partial charge in [-0.05, 0) is 60.4 Å². The number of halogens is 2. The summed E-state index contributed by atoms with van der Waals surface area (Å²) in [5, 5.41) is 0. The van der Waals surface area contributed by atoms with Gasteiger partial charge in [0.25, 0.3) is 0 Å². The molecular weight excluding hydrogens is 307 g/mol. The van der Waals surface area contributed by atoms with E-state index in [1.807, 2.05) is 32.0 Å². The van der Waals surface area contributed by atoms with E-state index in [4.69, 9.17) is 5.84 Å². The van der Waals surface area contributed by atoms with Crippen molar-refractivity contribution in [2.24, 2.45) is 5.84 Å². The number of aryl methyl sites for hydroxylation is 2. The van der Waals surface area contributed by atoms with Crippen molar-refractivity contribution in [3.8, 4) is 0 Å². The van der Waals surface area contributed by atoms with Crippen LogP contribution in [0.25, 0.3) is 0 Å². The average Bonchev–Trinajstić information content (AvgIpc) is 2.36. The highest BCUT2D eigenvalue weighted by molar-refractivity contribution is 9.10. The Balaban J connectivity index is 2.52. The van der Waals surface area contributed by atoms with Crippen molar-refractivity contribution in [3.63, 3.8) is 0 Å². The molecule has 2 nitrogen and oxygen atoms in total. The van der Waals surface area contributed by atoms with Gasteiger partial charge < -0.3 is 0 Å². The van der Waals surface area contributed by atoms with Crippen molar-refractivity contribution < 1.29 is 4.39 Å². The first kappa shape index (κ1) is 14.2. The Morgan fingerprint density at radius 1 is 1.05 bits per heavy atom. The first-order chi connectivity index (χ1) is 9.02. The molecule has 4 heteroatoms. The molecule has 0 aliphatic heterocycles. The summed E-state index contributed by atoms with van der Waals surface area (Å²) in [6.07, 6.45) is 0. The molecule has 0 fully saturated rings. The molecule has 0 aliphatic carbocycles. The van der Waals surface area contributed by atoms with Crippen LogP contribution in [0.1, 0.15) is 28.3 Å². The number of hydrogen-bond acceptors (Lipinski definition) is 2. The summed E-state index contributed by atoms with van der Waals surface area (Å²) in [4.78, 5) is 0. The monoisotopic (exact) mass is 322 g/mol. The second-order valence-corrected chi connectivity index (χ2v) is 5.52. The summed E-state index contributed by atoms with van der Waals surface area (Å²) >= 11 is 3.44. The van der Waals surface area contributed by atoms with Crippen LogP contribution >= 0.6 is 15.9 Å². The maximum absolute atomic E-state index is 13.4. The third-order valence-corrected chi connectivity index (χ3v) is 3.76. The maximum atomic E-state index is 13.4. The Morgan fingerprint density at radius 2 is 1.79 bits per heavy atom. The number of nitrogens with one attached hydrogen (secondary N) is 1. The van der Waals surface area contributed by atoms with Gasteiger partial charge in [0, 0.05) is 4.47 Å². The Bertz CT molecular complexity index is 599. The molecule has 0 saturated heterocycles. The van der Waals surface area contributed by atoms with Crippen LogP contribution in [0.2, 0.25) is 0 Å². The van der Waals surface area contributed by atoms with E-state index in [1.165, 1.54) is 12.1 Å². The molecule has 0 saturated carbocycles. The Kier molecular flexibility index (Phi) is 4.34. The van der Waals surface area contributed by atoms with Gasteiger partial charge >= 0.3 is 0 Å². The predicted molar refractivity (Wildman–Crippen MR) is 79.2 cm³/mol. The van der Waals surface area contributed by atoms with E-state index >= 15 is 0 Å². The van der Waals surface area contributed by atoms with Crippen molar-refractivity contribution in [2.45, 2.75) is 19.9 Å². The summed E-state index contributed by atoms with van der Waals surface area (Å²) < 4.78 is 14.5. The molecule has 0 radical (unpaired) electrons. The minimum Gasteiger partial charge on any atom is -0.271 e. The van der Waals surface area contributed by atoms with E-state index in [2.05, 4.69) is 21.4 Å². The molecule has 3 N–H and O–H groups in total. The highest BCUT2D eigenvalue weighted by atomic mass is 79.9. The molecule has 1 atom stereocenters. The lowest BCUT2D eigenvalue weighted by atomic mass is 9.92. The lowest BCUT2D eigenvalue weighted by Crippen LogP contribution is -2.30. The fourth-order valence-electron chi connectivity index (χ4n) is 2.23. The smallest absolute Gasteiger partial charge is 0.123 e. The van der Waals surface area contributed by atoms with Gasteiger partial charge in [-0.15, -0.1) is 0 Å². The summed E-state index contributed by atoms with van der Waals surface area (Å²) in [6.45, 7) is 3.96. The van der Waals surface area contributed by atoms with Gasteiger partial charge in [0.05, 0.1) is 6.04 Å². The van der Waals surface area contributed by atoms with E-state index < -0.39 is 0 Å². The van der Waals surface area contributed by atoms with E-state index in [1.54, 1.807) is 6.07 Å². The van der Waals surface area contributed by atoms with Crippen LogP contribution in [0.4, 0.5) is 4.39 Å². The quantitative estimate of drug-likeness (QED) is 0.667. The maximum Gasteiger partial charge on any atom is 0.123 e. The second kappa shape index (κ2) is 5.82. The van der Waals surface area contributed by atoms with Crippen LogP contribution in [0.3, 0.4) is 0 Å². The molecule has 100 valence electrons. The van der Waals surface area contributed by atoms with Crippen LogP contribution in [0, 0.1) is 19.7 Å². The Morgan fingerprint density at radius 3 is 2.42 bits per heavy atom. The predicted octanol–water partition coefficient (Wildman–Crippen LogP) is 3.76. The zero-order valence-electron chi connectivity index (χ0n) is 10.9. The van der Waals surface area contributed by atoms with Crippen LogP contribution in [-0.4, -0.2) is 0 Å². The van der Waals surface area contributed by atoms with Gasteiger partial charge in [-0.25, -0.2) is 9.82 Å². The molecule has 0 heterocycles. The van der Waals surface area contributed by atoms with Crippen LogP contribution in [-0.2, 0) is 0 Å². The summed E-state index contributed by atoms with van der Waals surface area (Å²) in [5.41, 5.74) is 6.78. The third kappa shape index (κ3) is 3.03. The Hall–Kier alpha value is -1.23. The van der Waals surface area contributed by atoms with Crippen molar-refractivity contribution in [3.05, 3.63) is 68.9 Å². The first-order valence-corrected chi connectivity index (χ1v) is 6.80. The molecule has 2 rings (SSSR count). The highest BCUT2D eigenvalue weighted by Crippen LogP contribution is 2.28. The molecular formula is C15H16BrFN2. The zero-order valence-corrected chi connectivity index (χ0v) is 12.5. The number of hydrogen-bond donors (Lipinski definition) is 2. The lowest BCUT2D eigenvalue weighted by Gasteiger charge is -2.21. The second-order valence-electron chi connectivity index (χ2n) is 4.60. The Labute approximate surface area is 120 Å². The number of hydrazine groups is 1. The largest absolute Gasteiger partial charge is 0.271 e. The SMILES string of the molecule is Cc1cc(Br)ccc1C(NN)c1cc(F)ccc1C. The summed E-state index contributed by atoms with van der Waals surface area (Å²) in [7, 11) is 0. The molecule has 2 aromatic carbocycles. The number of rotatable bonds is 3. The fourth-order valence-corrected chi connectivity index (χ4v) is 2.71. The van der Waals surface area contributed by atoms with Crippen LogP contribution < -0.4 is 11.3 Å². The molecule has 0 spiro atoms. The van der Waals surface area contributed by atoms with Crippen molar-refractivity contribution in [1.82, 2.24) is 5.43 Å². The number of nitrogens with two attached hydrogens (primary N) is 1. The minimum atomic E-state index is -0.254. The van der Waals surface area contributed by atoms with E-state index in [0.29, 0.717) is 0 Å². The molecule has 0 aliphatic rings. The standard InChI is InChI=1S/C15H16BrFN2/c1-9-3-5-12(17)8-14(9)15(19-18)13-6-4-11(16)7-10(13)2/h3-8,15,19H,18H2,1-2H3. The average molecular weight is 323 g/mol. The fraction of sp³-hybridized carbons (Fsp3) is 0.200. The topological polar surface area (TPSA) is 38.0 Å². The number of benzene rings is 2. The molecule has 0 amide bonds. The van der Waals surface area contributed by atoms with Crippen molar-refractivity contribution in [2.75, 3.05) is 0 Å². The van der Waals surface area contributed by atoms with E-state index in [9.17, 15) is 4.39 Å². The van der Waals surface area contributed by atoms with Gasteiger partial charge in [0.1, 0.15) is 5.82 Å². The molecule has 1 unspecified atom stereocenters. The van der Waals surface area contributed by atoms with Crippen molar-refractivity contribution >= 4 is 15.9 Å². The minimum absolute atomic E-state index is 0.219. The van der Waals surface area contributed by atoms with Gasteiger partial charge in [-0.2, -0.15) is 0 Å². The van der Waals surface area contributed by atoms with Gasteiger partial charge in [0.15, 0.2) is 0 Å². The molecule has 19 heavy (non-hydrogen) atoms. The highest BCUT2D eigenvalue weighted by Gasteiger charge is 2.17. The third-order valence-electron chi connectivity index (χ3n) is 3.26. The van der Waals surface area contributed by atoms with Gasteiger partial charge in [-0.1, -0.05) is 28.1 Å². The molecule has 0 bridgehead atoms. The van der Waals surface area contributed by atoms with Crippen LogP contribution in [0.5, 0.6) is 0 Å². The summed E-state index contributed by atoms with van der Waals surface area (Å²) in [5.74, 6) is 5.42. The zero-order chi connectivity index (χ0) is 14.0. The first-order valence-electron chi connectivity index (χ1n) is 6.01. The van der Waals surface area contributed by atoms with E-state index in [-0.39, 0.29) is 11.9 Å². The van der Waals surface area contributed by atoms with Crippen LogP contribution in [0.15, 0.2) is 40.9 Å². The van der Waals surface area contributed by atoms with Gasteiger partial charge in [-0.3, -0.25) is 5.84 Å². The van der Waals surface area contributed by atoms with Gasteiger partial charge in [0.2, 0.25) is 0 Å². The van der Waals surface area contributed by atoms with E-state index in [0.717, 1.165) is 26.7 Å².